The van der Waals surface area contributed by atoms with Crippen molar-refractivity contribution in [3.05, 3.63) is 76.3 Å². The van der Waals surface area contributed by atoms with E-state index < -0.39 is 18.1 Å². The summed E-state index contributed by atoms with van der Waals surface area (Å²) in [7, 11) is 3.02. The van der Waals surface area contributed by atoms with E-state index in [2.05, 4.69) is 15.5 Å². The Kier molecular flexibility index (Phi) is 8.88. The van der Waals surface area contributed by atoms with Gasteiger partial charge in [0.05, 0.1) is 37.5 Å². The third-order valence-corrected chi connectivity index (χ3v) is 8.58. The Balaban J connectivity index is 1.30. The van der Waals surface area contributed by atoms with Crippen LogP contribution in [0.4, 0.5) is 5.69 Å². The van der Waals surface area contributed by atoms with Gasteiger partial charge in [-0.1, -0.05) is 11.6 Å². The Morgan fingerprint density at radius 1 is 0.956 bits per heavy atom. The van der Waals surface area contributed by atoms with Crippen molar-refractivity contribution in [1.82, 2.24) is 15.5 Å². The van der Waals surface area contributed by atoms with Gasteiger partial charge in [-0.25, -0.2) is 0 Å². The molecule has 0 unspecified atom stereocenters. The molecular formula is C33H35ClN4O7. The summed E-state index contributed by atoms with van der Waals surface area (Å²) in [6.07, 6.45) is 1.66. The Bertz CT molecular complexity index is 1610. The van der Waals surface area contributed by atoms with Gasteiger partial charge in [-0.05, 0) is 55.3 Å². The maximum absolute atomic E-state index is 13.7. The van der Waals surface area contributed by atoms with Crippen molar-refractivity contribution in [2.75, 3.05) is 51.9 Å². The molecule has 3 aromatic rings. The lowest BCUT2D eigenvalue weighted by Crippen LogP contribution is -2.45. The van der Waals surface area contributed by atoms with E-state index in [1.54, 1.807) is 53.4 Å². The van der Waals surface area contributed by atoms with Gasteiger partial charge in [-0.2, -0.15) is 0 Å². The van der Waals surface area contributed by atoms with Crippen molar-refractivity contribution < 1.29 is 33.3 Å². The number of amides is 3. The molecule has 4 aliphatic rings. The number of halogens is 1. The van der Waals surface area contributed by atoms with Crippen LogP contribution in [-0.2, 0) is 11.3 Å². The van der Waals surface area contributed by atoms with Crippen molar-refractivity contribution in [1.29, 1.82) is 0 Å². The van der Waals surface area contributed by atoms with Gasteiger partial charge in [-0.3, -0.25) is 14.4 Å². The zero-order chi connectivity index (χ0) is 31.5. The zero-order valence-corrected chi connectivity index (χ0v) is 25.9. The lowest BCUT2D eigenvalue weighted by molar-refractivity contribution is -0.123. The van der Waals surface area contributed by atoms with E-state index in [0.29, 0.717) is 33.6 Å². The van der Waals surface area contributed by atoms with Gasteiger partial charge in [0, 0.05) is 55.0 Å². The number of fused-ring (bicyclic) bond motifs is 7. The van der Waals surface area contributed by atoms with E-state index in [1.165, 1.54) is 14.2 Å². The second-order valence-electron chi connectivity index (χ2n) is 11.2. The van der Waals surface area contributed by atoms with Crippen molar-refractivity contribution in [3.8, 4) is 23.0 Å². The Labute approximate surface area is 266 Å². The summed E-state index contributed by atoms with van der Waals surface area (Å²) in [5.74, 6) is 0.740. The van der Waals surface area contributed by atoms with E-state index in [-0.39, 0.29) is 43.6 Å². The average Bonchev–Trinajstić information content (AvgIpc) is 3.72. The molecule has 12 heteroatoms. The number of rotatable bonds is 4. The summed E-state index contributed by atoms with van der Waals surface area (Å²) in [6, 6.07) is 14.9. The maximum Gasteiger partial charge on any atom is 0.258 e. The monoisotopic (exact) mass is 634 g/mol. The normalized spacial score (nSPS) is 20.0. The molecule has 3 aromatic carbocycles. The van der Waals surface area contributed by atoms with E-state index >= 15 is 0 Å². The lowest BCUT2D eigenvalue weighted by Gasteiger charge is -2.22. The fourth-order valence-electron chi connectivity index (χ4n) is 5.90. The number of nitrogens with zero attached hydrogens (tertiary/aromatic N) is 2. The highest BCUT2D eigenvalue weighted by Crippen LogP contribution is 2.32. The number of ether oxygens (including phenoxy) is 4. The molecule has 2 saturated heterocycles. The summed E-state index contributed by atoms with van der Waals surface area (Å²) >= 11 is 6.64. The van der Waals surface area contributed by atoms with Crippen molar-refractivity contribution in [2.45, 2.75) is 31.5 Å². The molecular weight excluding hydrogens is 600 g/mol. The zero-order valence-electron chi connectivity index (χ0n) is 25.1. The number of hydrogen-bond acceptors (Lipinski definition) is 8. The van der Waals surface area contributed by atoms with E-state index in [4.69, 9.17) is 30.5 Å². The first-order valence-electron chi connectivity index (χ1n) is 14.9. The fourth-order valence-corrected chi connectivity index (χ4v) is 6.20. The van der Waals surface area contributed by atoms with Gasteiger partial charge < -0.3 is 39.4 Å². The van der Waals surface area contributed by atoms with Crippen LogP contribution in [0.2, 0.25) is 5.02 Å². The minimum Gasteiger partial charge on any atom is -0.497 e. The molecule has 0 aromatic heterocycles. The molecule has 0 spiro atoms. The molecule has 7 rings (SSSR count). The summed E-state index contributed by atoms with van der Waals surface area (Å²) < 4.78 is 23.0. The molecule has 2 N–H and O–H groups in total. The molecule has 2 fully saturated rings. The number of benzene rings is 3. The van der Waals surface area contributed by atoms with E-state index in [9.17, 15) is 14.4 Å². The van der Waals surface area contributed by atoms with Crippen LogP contribution in [0, 0.1) is 0 Å². The molecule has 3 amide bonds. The number of carbonyl (C=O) groups is 3. The number of anilines is 1. The molecule has 4 bridgehead atoms. The molecule has 45 heavy (non-hydrogen) atoms. The number of nitrogens with one attached hydrogen (secondary N) is 2. The second kappa shape index (κ2) is 13.2. The molecule has 0 aliphatic carbocycles. The summed E-state index contributed by atoms with van der Waals surface area (Å²) in [6.45, 7) is 2.27. The van der Waals surface area contributed by atoms with Crippen LogP contribution >= 0.6 is 11.6 Å². The SMILES string of the molecule is COc1cc2cc(c1)C(=O)N[C@H]1CN(C(=O)c3ccc(N4CCCC4)c(Cl)c3)C[C@@H]1Oc1ccc(c(OC)c1)CNC(=O)CO2. The highest BCUT2D eigenvalue weighted by atomic mass is 35.5. The topological polar surface area (TPSA) is 119 Å². The van der Waals surface area contributed by atoms with E-state index in [0.717, 1.165) is 37.2 Å². The second-order valence-corrected chi connectivity index (χ2v) is 11.7. The molecule has 0 saturated carbocycles. The van der Waals surface area contributed by atoms with Crippen molar-refractivity contribution in [3.63, 3.8) is 0 Å². The third kappa shape index (κ3) is 6.73. The van der Waals surface area contributed by atoms with Crippen LogP contribution in [0.3, 0.4) is 0 Å². The van der Waals surface area contributed by atoms with Gasteiger partial charge in [-0.15, -0.1) is 0 Å². The predicted octanol–water partition coefficient (Wildman–Crippen LogP) is 3.67. The Hall–Kier alpha value is -4.64. The molecule has 4 aliphatic heterocycles. The maximum atomic E-state index is 13.7. The molecule has 236 valence electrons. The van der Waals surface area contributed by atoms with Crippen LogP contribution in [0.25, 0.3) is 0 Å². The van der Waals surface area contributed by atoms with E-state index in [1.807, 2.05) is 6.07 Å². The van der Waals surface area contributed by atoms with Gasteiger partial charge in [0.1, 0.15) is 29.1 Å². The summed E-state index contributed by atoms with van der Waals surface area (Å²) in [4.78, 5) is 43.7. The number of methoxy groups -OCH3 is 2. The Morgan fingerprint density at radius 3 is 2.53 bits per heavy atom. The highest BCUT2D eigenvalue weighted by molar-refractivity contribution is 6.33. The van der Waals surface area contributed by atoms with Crippen LogP contribution in [-0.4, -0.2) is 81.8 Å². The summed E-state index contributed by atoms with van der Waals surface area (Å²) in [5.41, 5.74) is 2.41. The van der Waals surface area contributed by atoms with Crippen LogP contribution in [0.1, 0.15) is 39.1 Å². The van der Waals surface area contributed by atoms with Crippen molar-refractivity contribution in [2.24, 2.45) is 0 Å². The van der Waals surface area contributed by atoms with Crippen LogP contribution in [0.5, 0.6) is 23.0 Å². The van der Waals surface area contributed by atoms with Gasteiger partial charge in [0.2, 0.25) is 0 Å². The molecule has 11 nitrogen and oxygen atoms in total. The minimum absolute atomic E-state index is 0.210. The van der Waals surface area contributed by atoms with Gasteiger partial charge >= 0.3 is 0 Å². The highest BCUT2D eigenvalue weighted by Gasteiger charge is 2.39. The van der Waals surface area contributed by atoms with Gasteiger partial charge in [0.25, 0.3) is 17.7 Å². The smallest absolute Gasteiger partial charge is 0.258 e. The number of carbonyl (C=O) groups excluding carboxylic acids is 3. The first-order valence-corrected chi connectivity index (χ1v) is 15.3. The fraction of sp³-hybridized carbons (Fsp3) is 0.364. The quantitative estimate of drug-likeness (QED) is 0.447. The third-order valence-electron chi connectivity index (χ3n) is 8.28. The first-order chi connectivity index (χ1) is 21.8. The molecule has 4 heterocycles. The minimum atomic E-state index is -0.579. The Morgan fingerprint density at radius 2 is 1.78 bits per heavy atom. The molecule has 0 radical (unpaired) electrons. The largest absolute Gasteiger partial charge is 0.497 e. The standard InChI is InChI=1S/C33H35ClN4O7/c1-42-24-11-22-12-25(14-24)44-19-31(39)35-16-21-5-7-23(15-29(21)43-2)45-30-18-38(17-27(30)36-32(22)40)33(41)20-6-8-28(26(34)13-20)37-9-3-4-10-37/h5-8,11-15,27,30H,3-4,9-10,16-19H2,1-2H3,(H,35,39)(H,36,40)/t27-,30-/m0/s1. The first kappa shape index (κ1) is 30.4. The predicted molar refractivity (Wildman–Crippen MR) is 168 cm³/mol. The van der Waals surface area contributed by atoms with Crippen LogP contribution in [0.15, 0.2) is 54.6 Å². The molecule has 2 atom stereocenters. The van der Waals surface area contributed by atoms with Crippen LogP contribution < -0.4 is 34.5 Å². The number of likely N-dealkylation sites (tertiary alicyclic amines) is 1. The summed E-state index contributed by atoms with van der Waals surface area (Å²) in [5, 5.41) is 6.39. The lowest BCUT2D eigenvalue weighted by atomic mass is 10.1. The van der Waals surface area contributed by atoms with Crippen molar-refractivity contribution >= 4 is 35.0 Å². The number of hydrogen-bond donors (Lipinski definition) is 2. The van der Waals surface area contributed by atoms with Gasteiger partial charge in [0.15, 0.2) is 6.61 Å². The average molecular weight is 635 g/mol.